The molecule has 2 fully saturated rings. The van der Waals surface area contributed by atoms with Gasteiger partial charge in [0.25, 0.3) is 5.91 Å². The van der Waals surface area contributed by atoms with Gasteiger partial charge in [0.05, 0.1) is 6.54 Å². The maximum absolute atomic E-state index is 12.9. The van der Waals surface area contributed by atoms with Crippen molar-refractivity contribution >= 4 is 17.8 Å². The van der Waals surface area contributed by atoms with E-state index in [9.17, 15) is 14.4 Å². The number of urea groups is 1. The number of rotatable bonds is 4. The average Bonchev–Trinajstić information content (AvgIpc) is 2.93. The molecule has 8 heteroatoms. The van der Waals surface area contributed by atoms with Crippen molar-refractivity contribution in [2.24, 2.45) is 5.92 Å². The van der Waals surface area contributed by atoms with Gasteiger partial charge in [-0.15, -0.1) is 0 Å². The van der Waals surface area contributed by atoms with Gasteiger partial charge in [0.15, 0.2) is 11.5 Å². The van der Waals surface area contributed by atoms with Gasteiger partial charge in [-0.1, -0.05) is 31.9 Å². The Bertz CT molecular complexity index is 798. The molecular formula is C20H25N3O5. The van der Waals surface area contributed by atoms with Gasteiger partial charge in [-0.2, -0.15) is 0 Å². The number of carbonyl (C=O) groups is 3. The summed E-state index contributed by atoms with van der Waals surface area (Å²) in [6.45, 7) is 2.25. The minimum atomic E-state index is -0.848. The molecular weight excluding hydrogens is 362 g/mol. The first-order valence-electron chi connectivity index (χ1n) is 9.79. The van der Waals surface area contributed by atoms with Crippen molar-refractivity contribution in [2.45, 2.75) is 44.2 Å². The summed E-state index contributed by atoms with van der Waals surface area (Å²) in [6, 6.07) is 6.86. The van der Waals surface area contributed by atoms with E-state index >= 15 is 0 Å². The third-order valence-electron chi connectivity index (χ3n) is 5.90. The third-order valence-corrected chi connectivity index (χ3v) is 5.90. The Labute approximate surface area is 163 Å². The van der Waals surface area contributed by atoms with Gasteiger partial charge in [0.1, 0.15) is 24.8 Å². The van der Waals surface area contributed by atoms with Crippen molar-refractivity contribution in [3.8, 4) is 11.5 Å². The molecule has 2 N–H and O–H groups in total. The number of hydrogen-bond donors (Lipinski definition) is 2. The predicted octanol–water partition coefficient (Wildman–Crippen LogP) is 1.44. The lowest BCUT2D eigenvalue weighted by atomic mass is 9.73. The van der Waals surface area contributed by atoms with Crippen molar-refractivity contribution < 1.29 is 23.9 Å². The first-order chi connectivity index (χ1) is 13.5. The van der Waals surface area contributed by atoms with Crippen LogP contribution < -0.4 is 20.1 Å². The molecule has 3 atom stereocenters. The molecule has 1 aromatic carbocycles. The summed E-state index contributed by atoms with van der Waals surface area (Å²) in [7, 11) is 0. The number of fused-ring (bicyclic) bond motifs is 1. The first kappa shape index (κ1) is 18.6. The molecule has 28 heavy (non-hydrogen) atoms. The maximum atomic E-state index is 12.9. The van der Waals surface area contributed by atoms with E-state index in [0.717, 1.165) is 24.2 Å². The Morgan fingerprint density at radius 2 is 2.07 bits per heavy atom. The lowest BCUT2D eigenvalue weighted by Crippen LogP contribution is -2.54. The minimum absolute atomic E-state index is 0.0682. The Morgan fingerprint density at radius 1 is 1.29 bits per heavy atom. The highest BCUT2D eigenvalue weighted by atomic mass is 16.6. The number of benzene rings is 1. The number of nitrogens with zero attached hydrogens (tertiary/aromatic N) is 1. The topological polar surface area (TPSA) is 97.0 Å². The second-order valence-corrected chi connectivity index (χ2v) is 7.74. The molecule has 0 radical (unpaired) electrons. The van der Waals surface area contributed by atoms with Crippen LogP contribution in [0.1, 0.15) is 32.6 Å². The smallest absolute Gasteiger partial charge is 0.325 e. The van der Waals surface area contributed by atoms with Crippen molar-refractivity contribution in [3.63, 3.8) is 0 Å². The number of hydrogen-bond acceptors (Lipinski definition) is 5. The number of carbonyl (C=O) groups excluding carboxylic acids is 3. The van der Waals surface area contributed by atoms with Crippen LogP contribution in [0.25, 0.3) is 0 Å². The standard InChI is InChI=1S/C20H25N3O5/c1-13-6-4-5-9-20(13)18(25)23(19(26)22-20)11-17(24)21-10-14-12-27-15-7-2-3-8-16(15)28-14/h2-3,7-8,13-14H,4-6,9-12H2,1H3,(H,21,24)(H,22,26)/t13-,14+,20-/m0/s1. The molecule has 150 valence electrons. The Morgan fingerprint density at radius 3 is 2.86 bits per heavy atom. The van der Waals surface area contributed by atoms with E-state index in [1.165, 1.54) is 0 Å². The molecule has 2 aliphatic heterocycles. The van der Waals surface area contributed by atoms with Crippen molar-refractivity contribution in [3.05, 3.63) is 24.3 Å². The Balaban J connectivity index is 1.32. The maximum Gasteiger partial charge on any atom is 0.325 e. The number of amides is 4. The fourth-order valence-corrected chi connectivity index (χ4v) is 4.23. The summed E-state index contributed by atoms with van der Waals surface area (Å²) in [5.74, 6) is 0.697. The van der Waals surface area contributed by atoms with Crippen LogP contribution in [0, 0.1) is 5.92 Å². The van der Waals surface area contributed by atoms with Crippen LogP contribution in [-0.4, -0.2) is 54.1 Å². The molecule has 4 rings (SSSR count). The molecule has 1 saturated heterocycles. The zero-order chi connectivity index (χ0) is 19.7. The molecule has 1 saturated carbocycles. The Kier molecular flexibility index (Phi) is 4.87. The van der Waals surface area contributed by atoms with Crippen LogP contribution in [0.5, 0.6) is 11.5 Å². The van der Waals surface area contributed by atoms with Crippen LogP contribution in [0.15, 0.2) is 24.3 Å². The van der Waals surface area contributed by atoms with E-state index in [-0.39, 0.29) is 31.0 Å². The summed E-state index contributed by atoms with van der Waals surface area (Å²) < 4.78 is 11.4. The summed E-state index contributed by atoms with van der Waals surface area (Å²) in [4.78, 5) is 38.6. The highest BCUT2D eigenvalue weighted by Gasteiger charge is 2.55. The summed E-state index contributed by atoms with van der Waals surface area (Å²) in [5, 5.41) is 5.59. The van der Waals surface area contributed by atoms with Gasteiger partial charge < -0.3 is 20.1 Å². The van der Waals surface area contributed by atoms with Crippen LogP contribution in [0.2, 0.25) is 0 Å². The van der Waals surface area contributed by atoms with E-state index in [1.54, 1.807) is 6.07 Å². The van der Waals surface area contributed by atoms with E-state index in [2.05, 4.69) is 10.6 Å². The fraction of sp³-hybridized carbons (Fsp3) is 0.550. The number of nitrogens with one attached hydrogen (secondary N) is 2. The van der Waals surface area contributed by atoms with Crippen molar-refractivity contribution in [1.82, 2.24) is 15.5 Å². The summed E-state index contributed by atoms with van der Waals surface area (Å²) in [6.07, 6.45) is 3.15. The largest absolute Gasteiger partial charge is 0.486 e. The zero-order valence-corrected chi connectivity index (χ0v) is 15.9. The molecule has 4 amide bonds. The minimum Gasteiger partial charge on any atom is -0.486 e. The molecule has 8 nitrogen and oxygen atoms in total. The van der Waals surface area contributed by atoms with E-state index in [1.807, 2.05) is 25.1 Å². The van der Waals surface area contributed by atoms with Gasteiger partial charge in [0, 0.05) is 0 Å². The van der Waals surface area contributed by atoms with Crippen LogP contribution in [-0.2, 0) is 9.59 Å². The number of imide groups is 1. The van der Waals surface area contributed by atoms with Gasteiger partial charge in [-0.05, 0) is 30.9 Å². The molecule has 2 heterocycles. The molecule has 1 aliphatic carbocycles. The van der Waals surface area contributed by atoms with Crippen molar-refractivity contribution in [1.29, 1.82) is 0 Å². The predicted molar refractivity (Wildman–Crippen MR) is 100.0 cm³/mol. The third kappa shape index (κ3) is 3.27. The highest BCUT2D eigenvalue weighted by Crippen LogP contribution is 2.38. The summed E-state index contributed by atoms with van der Waals surface area (Å²) >= 11 is 0. The van der Waals surface area contributed by atoms with Crippen LogP contribution in [0.3, 0.4) is 0 Å². The van der Waals surface area contributed by atoms with Crippen molar-refractivity contribution in [2.75, 3.05) is 19.7 Å². The molecule has 1 aromatic rings. The van der Waals surface area contributed by atoms with Crippen LogP contribution in [0.4, 0.5) is 4.79 Å². The zero-order valence-electron chi connectivity index (χ0n) is 15.9. The first-order valence-corrected chi connectivity index (χ1v) is 9.79. The van der Waals surface area contributed by atoms with Gasteiger partial charge in [0.2, 0.25) is 5.91 Å². The second-order valence-electron chi connectivity index (χ2n) is 7.74. The van der Waals surface area contributed by atoms with E-state index in [0.29, 0.717) is 24.5 Å². The molecule has 0 unspecified atom stereocenters. The van der Waals surface area contributed by atoms with Gasteiger partial charge >= 0.3 is 6.03 Å². The number of ether oxygens (including phenoxy) is 2. The normalized spacial score (nSPS) is 29.0. The average molecular weight is 387 g/mol. The lowest BCUT2D eigenvalue weighted by molar-refractivity contribution is -0.137. The highest BCUT2D eigenvalue weighted by molar-refractivity contribution is 6.09. The van der Waals surface area contributed by atoms with E-state index in [4.69, 9.17) is 9.47 Å². The SMILES string of the molecule is C[C@H]1CCCC[C@]12NC(=O)N(CC(=O)NC[C@@H]1COc3ccccc3O1)C2=O. The van der Waals surface area contributed by atoms with E-state index < -0.39 is 17.5 Å². The fourth-order valence-electron chi connectivity index (χ4n) is 4.23. The molecule has 1 spiro atoms. The Hall–Kier alpha value is -2.77. The van der Waals surface area contributed by atoms with Gasteiger partial charge in [-0.3, -0.25) is 14.5 Å². The second kappa shape index (κ2) is 7.33. The lowest BCUT2D eigenvalue weighted by Gasteiger charge is -2.36. The molecule has 0 bridgehead atoms. The number of para-hydroxylation sites is 2. The van der Waals surface area contributed by atoms with Crippen LogP contribution >= 0.6 is 0 Å². The quantitative estimate of drug-likeness (QED) is 0.762. The monoisotopic (exact) mass is 387 g/mol. The van der Waals surface area contributed by atoms with Gasteiger partial charge in [-0.25, -0.2) is 4.79 Å². The molecule has 0 aromatic heterocycles. The molecule has 3 aliphatic rings. The summed E-state index contributed by atoms with van der Waals surface area (Å²) in [5.41, 5.74) is -0.848.